The average molecular weight is 501 g/mol. The number of hydrogen-bond donors (Lipinski definition) is 0. The van der Waals surface area contributed by atoms with E-state index in [0.717, 1.165) is 13.1 Å². The molecule has 0 spiro atoms. The first-order valence-electron chi connectivity index (χ1n) is 11.4. The number of piperidine rings is 1. The molecule has 0 aromatic rings. The van der Waals surface area contributed by atoms with E-state index in [9.17, 15) is 0 Å². The molecule has 2 nitrogen and oxygen atoms in total. The number of rotatable bonds is 5. The van der Waals surface area contributed by atoms with E-state index in [0.29, 0.717) is 0 Å². The molecule has 30 heavy (non-hydrogen) atoms. The van der Waals surface area contributed by atoms with E-state index in [1.165, 1.54) is 55.3 Å². The van der Waals surface area contributed by atoms with Crippen LogP contribution in [0.15, 0.2) is 27.1 Å². The summed E-state index contributed by atoms with van der Waals surface area (Å²) in [6.45, 7) is 28.7. The standard InChI is InChI=1S/C23H43ClN2P2Si2/c1-17-18(2)20(4)23(5,19(17)3)28(24)25-21(26-15-13-12-14-16-26)27-22(29(6,7)8)30(9,10)11/h12-16H2,1-11H3/b25-21+. The Labute approximate surface area is 196 Å². The van der Waals surface area contributed by atoms with Gasteiger partial charge in [-0.3, -0.25) is 0 Å². The van der Waals surface area contributed by atoms with E-state index in [4.69, 9.17) is 16.0 Å². The van der Waals surface area contributed by atoms with Crippen molar-refractivity contribution in [3.05, 3.63) is 22.3 Å². The van der Waals surface area contributed by atoms with Crippen molar-refractivity contribution in [1.29, 1.82) is 0 Å². The quantitative estimate of drug-likeness (QED) is 0.159. The fraction of sp³-hybridized carbons (Fsp3) is 0.739. The van der Waals surface area contributed by atoms with Crippen molar-refractivity contribution in [2.45, 2.75) is 98.3 Å². The SMILES string of the molecule is CC1=C(C)C(C)(P(Cl)/N=C(/P=C([Si](C)(C)C)[Si](C)(C)C)N2CCCCC2)C(C)=C1C. The minimum Gasteiger partial charge on any atom is -0.353 e. The van der Waals surface area contributed by atoms with Gasteiger partial charge in [0.25, 0.3) is 0 Å². The highest BCUT2D eigenvalue weighted by Crippen LogP contribution is 2.65. The van der Waals surface area contributed by atoms with E-state index >= 15 is 0 Å². The lowest BCUT2D eigenvalue weighted by Gasteiger charge is -2.36. The van der Waals surface area contributed by atoms with Crippen LogP contribution in [-0.2, 0) is 0 Å². The lowest BCUT2D eigenvalue weighted by Crippen LogP contribution is -2.49. The van der Waals surface area contributed by atoms with Gasteiger partial charge in [-0.1, -0.05) is 66.2 Å². The molecule has 1 atom stereocenters. The molecule has 0 amide bonds. The van der Waals surface area contributed by atoms with Crippen molar-refractivity contribution in [2.24, 2.45) is 4.76 Å². The highest BCUT2D eigenvalue weighted by atomic mass is 35.7. The van der Waals surface area contributed by atoms with Gasteiger partial charge in [0.2, 0.25) is 0 Å². The van der Waals surface area contributed by atoms with Crippen LogP contribution in [0.1, 0.15) is 53.9 Å². The van der Waals surface area contributed by atoms with Crippen molar-refractivity contribution in [2.75, 3.05) is 13.1 Å². The molecule has 0 bridgehead atoms. The Morgan fingerprint density at radius 3 is 1.73 bits per heavy atom. The highest BCUT2D eigenvalue weighted by molar-refractivity contribution is 7.85. The Hall–Kier alpha value is 0.274. The molecule has 0 N–H and O–H groups in total. The maximum Gasteiger partial charge on any atom is 0.155 e. The van der Waals surface area contributed by atoms with Gasteiger partial charge in [0.05, 0.1) is 21.3 Å². The van der Waals surface area contributed by atoms with Crippen molar-refractivity contribution >= 4 is 53.1 Å². The number of likely N-dealkylation sites (tertiary alicyclic amines) is 1. The molecule has 1 aliphatic heterocycles. The second kappa shape index (κ2) is 9.64. The third-order valence-corrected chi connectivity index (χ3v) is 23.0. The summed E-state index contributed by atoms with van der Waals surface area (Å²) in [4.78, 5) is 2.57. The first kappa shape index (κ1) is 26.5. The number of halogens is 1. The van der Waals surface area contributed by atoms with Crippen molar-refractivity contribution in [1.82, 2.24) is 4.90 Å². The molecule has 0 saturated carbocycles. The maximum absolute atomic E-state index is 7.27. The molecule has 0 aromatic carbocycles. The van der Waals surface area contributed by atoms with E-state index in [2.05, 4.69) is 78.8 Å². The van der Waals surface area contributed by atoms with Gasteiger partial charge in [0.1, 0.15) is 7.43 Å². The summed E-state index contributed by atoms with van der Waals surface area (Å²) in [6, 6.07) is 0. The lowest BCUT2D eigenvalue weighted by molar-refractivity contribution is 0.348. The first-order valence-corrected chi connectivity index (χ1v) is 21.5. The molecule has 0 aromatic heterocycles. The van der Waals surface area contributed by atoms with Gasteiger partial charge in [-0.2, -0.15) is 0 Å². The molecular formula is C23H43ClN2P2Si2. The second-order valence-corrected chi connectivity index (χ2v) is 26.2. The van der Waals surface area contributed by atoms with E-state index in [-0.39, 0.29) is 5.16 Å². The van der Waals surface area contributed by atoms with Crippen LogP contribution in [0.3, 0.4) is 0 Å². The van der Waals surface area contributed by atoms with E-state index in [1.807, 2.05) is 4.54 Å². The summed E-state index contributed by atoms with van der Waals surface area (Å²) in [5.41, 5.74) is 6.91. The summed E-state index contributed by atoms with van der Waals surface area (Å²) < 4.78 is 7.21. The van der Waals surface area contributed by atoms with Crippen LogP contribution in [0.4, 0.5) is 0 Å². The predicted molar refractivity (Wildman–Crippen MR) is 149 cm³/mol. The molecule has 170 valence electrons. The minimum absolute atomic E-state index is 0.125. The maximum atomic E-state index is 7.27. The van der Waals surface area contributed by atoms with Crippen LogP contribution in [0.2, 0.25) is 39.3 Å². The van der Waals surface area contributed by atoms with Crippen molar-refractivity contribution in [3.8, 4) is 0 Å². The molecule has 1 fully saturated rings. The first-order chi connectivity index (χ1) is 13.6. The minimum atomic E-state index is -1.39. The zero-order valence-electron chi connectivity index (χ0n) is 21.2. The normalized spacial score (nSPS) is 22.3. The predicted octanol–water partition coefficient (Wildman–Crippen LogP) is 8.70. The van der Waals surface area contributed by atoms with Crippen molar-refractivity contribution < 1.29 is 0 Å². The Morgan fingerprint density at radius 2 is 1.33 bits per heavy atom. The highest BCUT2D eigenvalue weighted by Gasteiger charge is 2.43. The van der Waals surface area contributed by atoms with Crippen LogP contribution in [-0.4, -0.2) is 49.4 Å². The lowest BCUT2D eigenvalue weighted by atomic mass is 9.98. The Morgan fingerprint density at radius 1 is 0.900 bits per heavy atom. The molecular weight excluding hydrogens is 458 g/mol. The van der Waals surface area contributed by atoms with Crippen molar-refractivity contribution in [3.63, 3.8) is 0 Å². The van der Waals surface area contributed by atoms with Crippen LogP contribution in [0.5, 0.6) is 0 Å². The summed E-state index contributed by atoms with van der Waals surface area (Å²) >= 11 is 7.27. The van der Waals surface area contributed by atoms with Gasteiger partial charge in [-0.25, -0.2) is 4.76 Å². The summed E-state index contributed by atoms with van der Waals surface area (Å²) in [5.74, 6) is 0. The fourth-order valence-corrected chi connectivity index (χ4v) is 20.6. The number of allylic oxidation sites excluding steroid dienone is 4. The van der Waals surface area contributed by atoms with Crippen LogP contribution < -0.4 is 0 Å². The Balaban J connectivity index is 2.61. The zero-order valence-corrected chi connectivity index (χ0v) is 25.7. The molecule has 1 heterocycles. The molecule has 0 radical (unpaired) electrons. The smallest absolute Gasteiger partial charge is 0.155 e. The largest absolute Gasteiger partial charge is 0.353 e. The fourth-order valence-electron chi connectivity index (χ4n) is 4.84. The number of amidine groups is 1. The van der Waals surface area contributed by atoms with Crippen LogP contribution in [0, 0.1) is 0 Å². The topological polar surface area (TPSA) is 15.6 Å². The third-order valence-electron chi connectivity index (χ3n) is 6.97. The Kier molecular flexibility index (Phi) is 8.52. The molecule has 7 heteroatoms. The molecule has 2 aliphatic rings. The van der Waals surface area contributed by atoms with Gasteiger partial charge in [-0.05, 0) is 73.2 Å². The number of nitrogens with zero attached hydrogens (tertiary/aromatic N) is 2. The van der Waals surface area contributed by atoms with Gasteiger partial charge in [0, 0.05) is 13.1 Å². The summed E-state index contributed by atoms with van der Waals surface area (Å²) in [7, 11) is -2.46. The van der Waals surface area contributed by atoms with Gasteiger partial charge < -0.3 is 4.90 Å². The second-order valence-electron chi connectivity index (χ2n) is 11.2. The van der Waals surface area contributed by atoms with Gasteiger partial charge in [-0.15, -0.1) is 0 Å². The Bertz CT molecular complexity index is 755. The monoisotopic (exact) mass is 500 g/mol. The molecule has 1 aliphatic carbocycles. The third kappa shape index (κ3) is 5.42. The van der Waals surface area contributed by atoms with Crippen LogP contribution in [0.25, 0.3) is 0 Å². The van der Waals surface area contributed by atoms with Gasteiger partial charge in [0.15, 0.2) is 5.58 Å². The zero-order chi connectivity index (χ0) is 23.1. The average Bonchev–Trinajstić information content (AvgIpc) is 2.79. The molecule has 1 saturated heterocycles. The summed E-state index contributed by atoms with van der Waals surface area (Å²) in [6.07, 6.45) is 3.89. The molecule has 2 rings (SSSR count). The van der Waals surface area contributed by atoms with E-state index < -0.39 is 23.6 Å². The van der Waals surface area contributed by atoms with Gasteiger partial charge >= 0.3 is 0 Å². The number of hydrogen-bond acceptors (Lipinski definition) is 1. The van der Waals surface area contributed by atoms with E-state index in [1.54, 1.807) is 0 Å². The summed E-state index contributed by atoms with van der Waals surface area (Å²) in [5, 5.41) is -0.125. The molecule has 1 unspecified atom stereocenters. The van der Waals surface area contributed by atoms with Crippen LogP contribution >= 0.6 is 26.9 Å².